The van der Waals surface area contributed by atoms with Crippen molar-refractivity contribution in [2.75, 3.05) is 0 Å². The molecule has 32 heavy (non-hydrogen) atoms. The van der Waals surface area contributed by atoms with Gasteiger partial charge in [-0.25, -0.2) is 8.42 Å². The molecule has 0 atom stereocenters. The third-order valence-electron chi connectivity index (χ3n) is 5.43. The molecule has 0 N–H and O–H groups in total. The predicted octanol–water partition coefficient (Wildman–Crippen LogP) is 5.49. The minimum absolute atomic E-state index is 0.0798. The zero-order valence-corrected chi connectivity index (χ0v) is 17.9. The van der Waals surface area contributed by atoms with Gasteiger partial charge in [0.1, 0.15) is 0 Å². The number of hydrogen-bond acceptors (Lipinski definition) is 3. The Morgan fingerprint density at radius 1 is 0.594 bits per heavy atom. The van der Waals surface area contributed by atoms with Crippen molar-refractivity contribution in [3.63, 3.8) is 0 Å². The van der Waals surface area contributed by atoms with E-state index in [1.165, 1.54) is 0 Å². The number of pyridine rings is 1. The fraction of sp³-hybridized carbons (Fsp3) is 0. The molecule has 0 fully saturated rings. The molecule has 0 unspecified atom stereocenters. The first-order valence-electron chi connectivity index (χ1n) is 10.2. The third-order valence-corrected chi connectivity index (χ3v) is 7.20. The number of fused-ring (bicyclic) bond motifs is 1. The summed E-state index contributed by atoms with van der Waals surface area (Å²) in [7, 11) is -3.68. The second-order valence-corrected chi connectivity index (χ2v) is 9.38. The molecule has 4 aromatic carbocycles. The summed E-state index contributed by atoms with van der Waals surface area (Å²) in [5.74, 6) is 0. The van der Waals surface area contributed by atoms with Gasteiger partial charge < -0.3 is 4.57 Å². The Bertz CT molecular complexity index is 1590. The average Bonchev–Trinajstić information content (AvgIpc) is 2.85. The van der Waals surface area contributed by atoms with Crippen LogP contribution < -0.4 is 5.43 Å². The molecule has 1 aromatic heterocycles. The molecule has 0 saturated carbocycles. The van der Waals surface area contributed by atoms with E-state index in [-0.39, 0.29) is 15.2 Å². The van der Waals surface area contributed by atoms with Crippen LogP contribution in [0.5, 0.6) is 0 Å². The lowest BCUT2D eigenvalue weighted by molar-refractivity contribution is 0.596. The van der Waals surface area contributed by atoms with E-state index in [2.05, 4.69) is 0 Å². The van der Waals surface area contributed by atoms with Crippen LogP contribution in [0.3, 0.4) is 0 Å². The molecule has 0 aliphatic heterocycles. The maximum atomic E-state index is 13.2. The number of nitrogens with zero attached hydrogens (tertiary/aromatic N) is 1. The van der Waals surface area contributed by atoms with Crippen LogP contribution >= 0.6 is 0 Å². The zero-order valence-electron chi connectivity index (χ0n) is 17.0. The lowest BCUT2D eigenvalue weighted by atomic mass is 10.1. The summed E-state index contributed by atoms with van der Waals surface area (Å²) in [4.78, 5) is 13.3. The maximum Gasteiger partial charge on any atom is 0.206 e. The van der Waals surface area contributed by atoms with E-state index < -0.39 is 9.84 Å². The number of para-hydroxylation sites is 1. The topological polar surface area (TPSA) is 56.1 Å². The van der Waals surface area contributed by atoms with Crippen molar-refractivity contribution in [2.24, 2.45) is 0 Å². The van der Waals surface area contributed by atoms with Crippen molar-refractivity contribution in [1.82, 2.24) is 4.57 Å². The molecular weight excluding hydrogens is 418 g/mol. The van der Waals surface area contributed by atoms with Gasteiger partial charge in [0.25, 0.3) is 0 Å². The van der Waals surface area contributed by atoms with Crippen molar-refractivity contribution in [3.8, 4) is 16.9 Å². The second-order valence-electron chi connectivity index (χ2n) is 7.43. The van der Waals surface area contributed by atoms with Crippen LogP contribution in [0.15, 0.2) is 130 Å². The van der Waals surface area contributed by atoms with Crippen LogP contribution in [0.25, 0.3) is 27.8 Å². The van der Waals surface area contributed by atoms with Gasteiger partial charge in [-0.05, 0) is 48.0 Å². The monoisotopic (exact) mass is 437 g/mol. The third kappa shape index (κ3) is 3.43. The Labute approximate surface area is 186 Å². The normalized spacial score (nSPS) is 11.5. The van der Waals surface area contributed by atoms with Crippen LogP contribution in [-0.4, -0.2) is 13.0 Å². The molecule has 5 heteroatoms. The SMILES string of the molecule is O=c1cc(-c2ccccc2)n(-c2cccc(S(=O)(=O)c3ccccc3)c2)c2ccccc12. The molecule has 0 spiro atoms. The van der Waals surface area contributed by atoms with Gasteiger partial charge >= 0.3 is 0 Å². The van der Waals surface area contributed by atoms with Gasteiger partial charge in [0.15, 0.2) is 5.43 Å². The van der Waals surface area contributed by atoms with E-state index in [0.717, 1.165) is 5.56 Å². The van der Waals surface area contributed by atoms with E-state index in [9.17, 15) is 13.2 Å². The Morgan fingerprint density at radius 3 is 1.97 bits per heavy atom. The highest BCUT2D eigenvalue weighted by Crippen LogP contribution is 2.29. The fourth-order valence-corrected chi connectivity index (χ4v) is 5.22. The number of hydrogen-bond donors (Lipinski definition) is 0. The predicted molar refractivity (Wildman–Crippen MR) is 127 cm³/mol. The van der Waals surface area contributed by atoms with Gasteiger partial charge in [-0.2, -0.15) is 0 Å². The molecule has 0 amide bonds. The van der Waals surface area contributed by atoms with Crippen LogP contribution in [0.1, 0.15) is 0 Å². The minimum atomic E-state index is -3.68. The average molecular weight is 438 g/mol. The minimum Gasteiger partial charge on any atom is -0.309 e. The van der Waals surface area contributed by atoms with Crippen LogP contribution in [-0.2, 0) is 9.84 Å². The van der Waals surface area contributed by atoms with E-state index in [4.69, 9.17) is 0 Å². The van der Waals surface area contributed by atoms with Crippen LogP contribution in [0.4, 0.5) is 0 Å². The lowest BCUT2D eigenvalue weighted by Crippen LogP contribution is -2.11. The highest BCUT2D eigenvalue weighted by molar-refractivity contribution is 7.91. The molecule has 156 valence electrons. The summed E-state index contributed by atoms with van der Waals surface area (Å²) in [6.45, 7) is 0. The van der Waals surface area contributed by atoms with Gasteiger partial charge in [0.05, 0.1) is 21.0 Å². The van der Waals surface area contributed by atoms with E-state index in [0.29, 0.717) is 22.3 Å². The second kappa shape index (κ2) is 7.94. The molecule has 4 nitrogen and oxygen atoms in total. The molecule has 0 aliphatic rings. The standard InChI is InChI=1S/C27H19NO3S/c29-27-19-26(20-10-3-1-4-11-20)28(25-17-8-7-16-24(25)27)21-12-9-15-23(18-21)32(30,31)22-13-5-2-6-14-22/h1-19H. The Balaban J connectivity index is 1.80. The highest BCUT2D eigenvalue weighted by Gasteiger charge is 2.19. The van der Waals surface area contributed by atoms with E-state index in [1.807, 2.05) is 59.2 Å². The Hall–Kier alpha value is -3.96. The smallest absolute Gasteiger partial charge is 0.206 e. The molecule has 0 saturated heterocycles. The van der Waals surface area contributed by atoms with Crippen molar-refractivity contribution in [3.05, 3.63) is 125 Å². The summed E-state index contributed by atoms with van der Waals surface area (Å²) in [5, 5.41) is 0.573. The van der Waals surface area contributed by atoms with Crippen molar-refractivity contribution in [2.45, 2.75) is 9.79 Å². The number of benzene rings is 4. The quantitative estimate of drug-likeness (QED) is 0.374. The largest absolute Gasteiger partial charge is 0.309 e. The zero-order chi connectivity index (χ0) is 22.1. The summed E-state index contributed by atoms with van der Waals surface area (Å²) in [6.07, 6.45) is 0. The number of aromatic nitrogens is 1. The Morgan fingerprint density at radius 2 is 1.22 bits per heavy atom. The van der Waals surface area contributed by atoms with Gasteiger partial charge in [0.2, 0.25) is 9.84 Å². The molecule has 5 rings (SSSR count). The van der Waals surface area contributed by atoms with Gasteiger partial charge in [-0.15, -0.1) is 0 Å². The van der Waals surface area contributed by atoms with Crippen molar-refractivity contribution < 1.29 is 8.42 Å². The lowest BCUT2D eigenvalue weighted by Gasteiger charge is -2.18. The maximum absolute atomic E-state index is 13.2. The van der Waals surface area contributed by atoms with Crippen molar-refractivity contribution in [1.29, 1.82) is 0 Å². The molecule has 5 aromatic rings. The highest BCUT2D eigenvalue weighted by atomic mass is 32.2. The van der Waals surface area contributed by atoms with E-state index in [1.54, 1.807) is 60.7 Å². The first kappa shape index (κ1) is 20.0. The molecule has 0 bridgehead atoms. The van der Waals surface area contributed by atoms with Crippen LogP contribution in [0.2, 0.25) is 0 Å². The van der Waals surface area contributed by atoms with E-state index >= 15 is 0 Å². The fourth-order valence-electron chi connectivity index (χ4n) is 3.90. The summed E-state index contributed by atoms with van der Waals surface area (Å²) in [6, 6.07) is 33.8. The Kier molecular flexibility index (Phi) is 4.96. The van der Waals surface area contributed by atoms with Crippen LogP contribution in [0, 0.1) is 0 Å². The first-order valence-corrected chi connectivity index (χ1v) is 11.6. The van der Waals surface area contributed by atoms with Gasteiger partial charge in [0, 0.05) is 17.1 Å². The number of sulfone groups is 1. The molecule has 1 heterocycles. The summed E-state index contributed by atoms with van der Waals surface area (Å²) >= 11 is 0. The molecule has 0 radical (unpaired) electrons. The number of rotatable bonds is 4. The molecule has 0 aliphatic carbocycles. The first-order chi connectivity index (χ1) is 15.6. The summed E-state index contributed by atoms with van der Waals surface area (Å²) in [5.41, 5.74) is 2.86. The van der Waals surface area contributed by atoms with Gasteiger partial charge in [-0.3, -0.25) is 4.79 Å². The molecular formula is C27H19NO3S. The van der Waals surface area contributed by atoms with Crippen molar-refractivity contribution >= 4 is 20.7 Å². The van der Waals surface area contributed by atoms with Gasteiger partial charge in [-0.1, -0.05) is 66.7 Å². The summed E-state index contributed by atoms with van der Waals surface area (Å²) < 4.78 is 28.4.